The second kappa shape index (κ2) is 10.1. The average Bonchev–Trinajstić information content (AvgIpc) is 2.53. The van der Waals surface area contributed by atoms with Crippen molar-refractivity contribution in [1.29, 1.82) is 0 Å². The van der Waals surface area contributed by atoms with Crippen LogP contribution in [0.1, 0.15) is 6.92 Å². The molecule has 1 unspecified atom stereocenters. The van der Waals surface area contributed by atoms with Crippen LogP contribution in [0.3, 0.4) is 0 Å². The van der Waals surface area contributed by atoms with Gasteiger partial charge in [0.15, 0.2) is 9.84 Å². The summed E-state index contributed by atoms with van der Waals surface area (Å²) in [6.07, 6.45) is 5.97. The number of rotatable bonds is 10. The van der Waals surface area contributed by atoms with Crippen LogP contribution in [0.5, 0.6) is 0 Å². The molecule has 0 saturated carbocycles. The molecule has 0 fully saturated rings. The Morgan fingerprint density at radius 2 is 2.00 bits per heavy atom. The molecule has 1 atom stereocenters. The van der Waals surface area contributed by atoms with Crippen molar-refractivity contribution in [3.05, 3.63) is 41.8 Å². The van der Waals surface area contributed by atoms with Gasteiger partial charge in [-0.25, -0.2) is 8.42 Å². The zero-order valence-corrected chi connectivity index (χ0v) is 13.3. The van der Waals surface area contributed by atoms with E-state index in [4.69, 9.17) is 20.6 Å². The maximum atomic E-state index is 12.1. The molecule has 0 aliphatic heterocycles. The van der Waals surface area contributed by atoms with Crippen LogP contribution in [-0.2, 0) is 24.0 Å². The third-order valence-electron chi connectivity index (χ3n) is 2.58. The fourth-order valence-corrected chi connectivity index (χ4v) is 2.57. The number of hydrogen-bond acceptors (Lipinski definition) is 5. The predicted octanol–water partition coefficient (Wildman–Crippen LogP) is 2.00. The lowest BCUT2D eigenvalue weighted by Crippen LogP contribution is -2.20. The van der Waals surface area contributed by atoms with Crippen LogP contribution in [0, 0.1) is 12.3 Å². The second-order valence-corrected chi connectivity index (χ2v) is 6.06. The minimum Gasteiger partial charge on any atom is -0.366 e. The molecule has 0 aromatic heterocycles. The van der Waals surface area contributed by atoms with Gasteiger partial charge in [-0.05, 0) is 25.1 Å². The third kappa shape index (κ3) is 6.87. The number of benzene rings is 1. The van der Waals surface area contributed by atoms with Crippen molar-refractivity contribution >= 4 is 9.84 Å². The summed E-state index contributed by atoms with van der Waals surface area (Å²) in [7, 11) is -3.51. The molecule has 0 saturated heterocycles. The summed E-state index contributed by atoms with van der Waals surface area (Å²) >= 11 is 0. The molecule has 5 nitrogen and oxygen atoms in total. The van der Waals surface area contributed by atoms with Crippen molar-refractivity contribution < 1.29 is 22.6 Å². The standard InChI is InChI=1S/C16H20O5S/c1-3-11-20-13-15(21-14-19-4-2)10-12-22(17,18)16-8-6-5-7-9-16/h1,5-10,12,15H,4,11,13-14H2,2H3/b12-10+. The molecule has 0 heterocycles. The lowest BCUT2D eigenvalue weighted by atomic mass is 10.4. The first-order valence-corrected chi connectivity index (χ1v) is 8.33. The van der Waals surface area contributed by atoms with Crippen molar-refractivity contribution in [2.24, 2.45) is 0 Å². The molecule has 22 heavy (non-hydrogen) atoms. The Labute approximate surface area is 131 Å². The van der Waals surface area contributed by atoms with Gasteiger partial charge in [0.25, 0.3) is 0 Å². The third-order valence-corrected chi connectivity index (χ3v) is 4.03. The van der Waals surface area contributed by atoms with Crippen LogP contribution in [0.4, 0.5) is 0 Å². The Hall–Kier alpha value is -1.65. The van der Waals surface area contributed by atoms with Gasteiger partial charge in [0, 0.05) is 12.0 Å². The highest BCUT2D eigenvalue weighted by Crippen LogP contribution is 2.12. The summed E-state index contributed by atoms with van der Waals surface area (Å²) < 4.78 is 40.0. The maximum Gasteiger partial charge on any atom is 0.199 e. The Morgan fingerprint density at radius 3 is 2.64 bits per heavy atom. The lowest BCUT2D eigenvalue weighted by molar-refractivity contribution is -0.0895. The van der Waals surface area contributed by atoms with Gasteiger partial charge >= 0.3 is 0 Å². The van der Waals surface area contributed by atoms with Gasteiger partial charge in [-0.1, -0.05) is 24.1 Å². The van der Waals surface area contributed by atoms with Crippen LogP contribution >= 0.6 is 0 Å². The van der Waals surface area contributed by atoms with E-state index < -0.39 is 15.9 Å². The number of hydrogen-bond donors (Lipinski definition) is 0. The quantitative estimate of drug-likeness (QED) is 0.374. The van der Waals surface area contributed by atoms with Gasteiger partial charge in [0.2, 0.25) is 0 Å². The van der Waals surface area contributed by atoms with E-state index in [0.717, 1.165) is 5.41 Å². The Morgan fingerprint density at radius 1 is 1.27 bits per heavy atom. The average molecular weight is 324 g/mol. The molecule has 0 spiro atoms. The SMILES string of the molecule is C#CCOCC(/C=C/S(=O)(=O)c1ccccc1)OCOCC. The molecule has 1 aromatic carbocycles. The van der Waals surface area contributed by atoms with E-state index in [1.807, 2.05) is 6.92 Å². The van der Waals surface area contributed by atoms with E-state index in [9.17, 15) is 8.42 Å². The fraction of sp³-hybridized carbons (Fsp3) is 0.375. The molecule has 0 aliphatic rings. The minimum absolute atomic E-state index is 0.0519. The van der Waals surface area contributed by atoms with E-state index >= 15 is 0 Å². The molecule has 120 valence electrons. The summed E-state index contributed by atoms with van der Waals surface area (Å²) in [5.41, 5.74) is 0. The van der Waals surface area contributed by atoms with Gasteiger partial charge in [0.1, 0.15) is 19.5 Å². The topological polar surface area (TPSA) is 61.8 Å². The summed E-state index contributed by atoms with van der Waals surface area (Å²) in [5.74, 6) is 2.34. The molecule has 0 amide bonds. The Kier molecular flexibility index (Phi) is 8.48. The van der Waals surface area contributed by atoms with Crippen LogP contribution in [0.15, 0.2) is 46.7 Å². The van der Waals surface area contributed by atoms with Crippen LogP contribution < -0.4 is 0 Å². The largest absolute Gasteiger partial charge is 0.366 e. The van der Waals surface area contributed by atoms with E-state index in [1.54, 1.807) is 18.2 Å². The van der Waals surface area contributed by atoms with Gasteiger partial charge < -0.3 is 14.2 Å². The maximum absolute atomic E-state index is 12.1. The van der Waals surface area contributed by atoms with Crippen molar-refractivity contribution in [1.82, 2.24) is 0 Å². The zero-order chi connectivity index (χ0) is 16.3. The van der Waals surface area contributed by atoms with Crippen molar-refractivity contribution in [3.8, 4) is 12.3 Å². The zero-order valence-electron chi connectivity index (χ0n) is 12.5. The first-order chi connectivity index (χ1) is 10.6. The monoisotopic (exact) mass is 324 g/mol. The van der Waals surface area contributed by atoms with Gasteiger partial charge in [0.05, 0.1) is 11.5 Å². The van der Waals surface area contributed by atoms with Crippen molar-refractivity contribution in [3.63, 3.8) is 0 Å². The smallest absolute Gasteiger partial charge is 0.199 e. The predicted molar refractivity (Wildman–Crippen MR) is 83.8 cm³/mol. The Balaban J connectivity index is 2.71. The van der Waals surface area contributed by atoms with E-state index in [2.05, 4.69) is 5.92 Å². The van der Waals surface area contributed by atoms with Crippen molar-refractivity contribution in [2.75, 3.05) is 26.6 Å². The molecule has 0 aliphatic carbocycles. The van der Waals surface area contributed by atoms with Crippen LogP contribution in [0.25, 0.3) is 0 Å². The molecular formula is C16H20O5S. The van der Waals surface area contributed by atoms with Gasteiger partial charge in [-0.15, -0.1) is 6.42 Å². The summed E-state index contributed by atoms with van der Waals surface area (Å²) in [4.78, 5) is 0.222. The Bertz CT molecular complexity index is 587. The number of sulfone groups is 1. The van der Waals surface area contributed by atoms with E-state index in [1.165, 1.54) is 18.2 Å². The summed E-state index contributed by atoms with van der Waals surface area (Å²) in [6, 6.07) is 8.15. The van der Waals surface area contributed by atoms with Crippen LogP contribution in [-0.4, -0.2) is 41.1 Å². The molecule has 0 radical (unpaired) electrons. The highest BCUT2D eigenvalue weighted by Gasteiger charge is 2.12. The van der Waals surface area contributed by atoms with E-state index in [-0.39, 0.29) is 24.9 Å². The first kappa shape index (κ1) is 18.4. The highest BCUT2D eigenvalue weighted by atomic mass is 32.2. The second-order valence-electron chi connectivity index (χ2n) is 4.22. The molecule has 6 heteroatoms. The van der Waals surface area contributed by atoms with Gasteiger partial charge in [-0.2, -0.15) is 0 Å². The van der Waals surface area contributed by atoms with Crippen LogP contribution in [0.2, 0.25) is 0 Å². The number of terminal acetylenes is 1. The fourth-order valence-electron chi connectivity index (χ4n) is 1.49. The lowest BCUT2D eigenvalue weighted by Gasteiger charge is -2.13. The molecule has 0 N–H and O–H groups in total. The van der Waals surface area contributed by atoms with E-state index in [0.29, 0.717) is 6.61 Å². The molecular weight excluding hydrogens is 304 g/mol. The van der Waals surface area contributed by atoms with Crippen molar-refractivity contribution in [2.45, 2.75) is 17.9 Å². The molecule has 1 rings (SSSR count). The first-order valence-electron chi connectivity index (χ1n) is 6.79. The minimum atomic E-state index is -3.51. The highest BCUT2D eigenvalue weighted by molar-refractivity contribution is 7.94. The number of ether oxygens (including phenoxy) is 3. The summed E-state index contributed by atoms with van der Waals surface area (Å²) in [5, 5.41) is 1.11. The molecule has 0 bridgehead atoms. The summed E-state index contributed by atoms with van der Waals surface area (Å²) in [6.45, 7) is 2.68. The molecule has 1 aromatic rings. The normalized spacial score (nSPS) is 13.1. The van der Waals surface area contributed by atoms with Gasteiger partial charge in [-0.3, -0.25) is 0 Å².